The molecule has 0 rings (SSSR count). The summed E-state index contributed by atoms with van der Waals surface area (Å²) in [7, 11) is 0. The third-order valence-corrected chi connectivity index (χ3v) is 1.45. The van der Waals surface area contributed by atoms with Crippen molar-refractivity contribution in [3.05, 3.63) is 11.6 Å². The summed E-state index contributed by atoms with van der Waals surface area (Å²) >= 11 is 0. The fourth-order valence-electron chi connectivity index (χ4n) is 0.844. The zero-order chi connectivity index (χ0) is 10.1. The van der Waals surface area contributed by atoms with Crippen molar-refractivity contribution in [3.8, 4) is 0 Å². The normalized spacial score (nSPS) is 10.5. The minimum atomic E-state index is -0.414. The highest BCUT2D eigenvalue weighted by molar-refractivity contribution is 5.88. The monoisotopic (exact) mass is 183 g/mol. The van der Waals surface area contributed by atoms with E-state index in [0.717, 1.165) is 6.42 Å². The molecule has 0 aromatic carbocycles. The van der Waals surface area contributed by atoms with Gasteiger partial charge in [0.1, 0.15) is 0 Å². The highest BCUT2D eigenvalue weighted by Crippen LogP contribution is 2.06. The Balaban J connectivity index is 3.99. The molecule has 4 heteroatoms. The van der Waals surface area contributed by atoms with Crippen LogP contribution in [0.25, 0.3) is 0 Å². The van der Waals surface area contributed by atoms with Crippen LogP contribution in [0.15, 0.2) is 16.6 Å². The summed E-state index contributed by atoms with van der Waals surface area (Å²) < 4.78 is 4.65. The second-order valence-corrected chi connectivity index (χ2v) is 2.37. The van der Waals surface area contributed by atoms with Crippen LogP contribution >= 0.6 is 0 Å². The Kier molecular flexibility index (Phi) is 6.46. The van der Waals surface area contributed by atoms with Gasteiger partial charge in [-0.15, -0.1) is 0 Å². The van der Waals surface area contributed by atoms with Gasteiger partial charge >= 0.3 is 5.97 Å². The lowest BCUT2D eigenvalue weighted by Gasteiger charge is -2.03. The highest BCUT2D eigenvalue weighted by Gasteiger charge is 2.07. The smallest absolute Gasteiger partial charge is 0.335 e. The van der Waals surface area contributed by atoms with Crippen LogP contribution in [0, 0.1) is 0 Å². The van der Waals surface area contributed by atoms with E-state index in [9.17, 15) is 9.59 Å². The number of hydrogen-bond acceptors (Lipinski definition) is 4. The summed E-state index contributed by atoms with van der Waals surface area (Å²) in [5, 5.41) is 0. The van der Waals surface area contributed by atoms with Crippen LogP contribution in [0.3, 0.4) is 0 Å². The summed E-state index contributed by atoms with van der Waals surface area (Å²) in [5.41, 5.74) is 0.614. The molecule has 0 radical (unpaired) electrons. The predicted molar refractivity (Wildman–Crippen MR) is 47.7 cm³/mol. The van der Waals surface area contributed by atoms with Crippen molar-refractivity contribution in [2.24, 2.45) is 4.99 Å². The van der Waals surface area contributed by atoms with Crippen molar-refractivity contribution in [1.82, 2.24) is 0 Å². The molecule has 0 fully saturated rings. The number of hydrogen-bond donors (Lipinski definition) is 0. The van der Waals surface area contributed by atoms with Gasteiger partial charge in [0, 0.05) is 5.57 Å². The average Bonchev–Trinajstić information content (AvgIpc) is 2.14. The number of carbonyl (C=O) groups is 1. The minimum absolute atomic E-state index is 0.247. The molecule has 0 saturated carbocycles. The lowest BCUT2D eigenvalue weighted by molar-refractivity contribution is -0.138. The summed E-state index contributed by atoms with van der Waals surface area (Å²) in [4.78, 5) is 23.9. The molecule has 0 aromatic heterocycles. The Morgan fingerprint density at radius 2 is 2.31 bits per heavy atom. The Morgan fingerprint density at radius 3 is 2.77 bits per heavy atom. The van der Waals surface area contributed by atoms with Crippen molar-refractivity contribution >= 4 is 12.0 Å². The van der Waals surface area contributed by atoms with Crippen molar-refractivity contribution in [2.75, 3.05) is 6.73 Å². The molecule has 0 unspecified atom stereocenters. The third-order valence-electron chi connectivity index (χ3n) is 1.45. The molecule has 72 valence electrons. The Labute approximate surface area is 77.3 Å². The number of ether oxygens (including phenoxy) is 1. The first kappa shape index (κ1) is 11.6. The first-order chi connectivity index (χ1) is 6.26. The zero-order valence-electron chi connectivity index (χ0n) is 7.87. The number of isocyanates is 1. The van der Waals surface area contributed by atoms with E-state index in [-0.39, 0.29) is 6.73 Å². The van der Waals surface area contributed by atoms with Crippen LogP contribution in [0.5, 0.6) is 0 Å². The predicted octanol–water partition coefficient (Wildman–Crippen LogP) is 1.57. The molecule has 0 N–H and O–H groups in total. The van der Waals surface area contributed by atoms with Crippen molar-refractivity contribution in [1.29, 1.82) is 0 Å². The second-order valence-electron chi connectivity index (χ2n) is 2.37. The highest BCUT2D eigenvalue weighted by atomic mass is 16.5. The summed E-state index contributed by atoms with van der Waals surface area (Å²) in [6.45, 7) is 3.50. The fourth-order valence-corrected chi connectivity index (χ4v) is 0.844. The summed E-state index contributed by atoms with van der Waals surface area (Å²) in [6, 6.07) is 0. The van der Waals surface area contributed by atoms with E-state index in [0.29, 0.717) is 12.0 Å². The van der Waals surface area contributed by atoms with Crippen LogP contribution in [-0.2, 0) is 14.3 Å². The Hall–Kier alpha value is -1.41. The van der Waals surface area contributed by atoms with Crippen LogP contribution < -0.4 is 0 Å². The van der Waals surface area contributed by atoms with Gasteiger partial charge in [-0.05, 0) is 13.3 Å². The molecule has 4 nitrogen and oxygen atoms in total. The zero-order valence-corrected chi connectivity index (χ0v) is 7.87. The maximum Gasteiger partial charge on any atom is 0.335 e. The number of carbonyl (C=O) groups excluding carboxylic acids is 2. The molecule has 0 aliphatic rings. The largest absolute Gasteiger partial charge is 0.438 e. The van der Waals surface area contributed by atoms with Crippen molar-refractivity contribution in [2.45, 2.75) is 26.7 Å². The fraction of sp³-hybridized carbons (Fsp3) is 0.556. The van der Waals surface area contributed by atoms with E-state index in [1.165, 1.54) is 6.08 Å². The number of aliphatic imine (C=N–C) groups is 1. The minimum Gasteiger partial charge on any atom is -0.438 e. The van der Waals surface area contributed by atoms with E-state index >= 15 is 0 Å². The molecule has 0 aromatic rings. The molecule has 0 saturated heterocycles. The molecule has 0 bridgehead atoms. The van der Waals surface area contributed by atoms with E-state index in [4.69, 9.17) is 0 Å². The van der Waals surface area contributed by atoms with E-state index in [1.807, 2.05) is 6.92 Å². The van der Waals surface area contributed by atoms with Crippen LogP contribution in [0.1, 0.15) is 26.7 Å². The van der Waals surface area contributed by atoms with Crippen molar-refractivity contribution in [3.63, 3.8) is 0 Å². The van der Waals surface area contributed by atoms with E-state index in [1.54, 1.807) is 13.0 Å². The number of esters is 1. The van der Waals surface area contributed by atoms with Gasteiger partial charge in [0.2, 0.25) is 6.08 Å². The quantitative estimate of drug-likeness (QED) is 0.281. The lowest BCUT2D eigenvalue weighted by Crippen LogP contribution is -2.07. The summed E-state index contributed by atoms with van der Waals surface area (Å²) in [6.07, 6.45) is 4.56. The average molecular weight is 183 g/mol. The van der Waals surface area contributed by atoms with Crippen LogP contribution in [0.2, 0.25) is 0 Å². The molecule has 0 aliphatic carbocycles. The van der Waals surface area contributed by atoms with Gasteiger partial charge in [-0.3, -0.25) is 0 Å². The van der Waals surface area contributed by atoms with Gasteiger partial charge in [0.25, 0.3) is 0 Å². The maximum atomic E-state index is 11.2. The molecule has 0 aliphatic heterocycles. The lowest BCUT2D eigenvalue weighted by atomic mass is 10.1. The van der Waals surface area contributed by atoms with Gasteiger partial charge in [0.15, 0.2) is 6.73 Å². The van der Waals surface area contributed by atoms with Gasteiger partial charge < -0.3 is 4.74 Å². The SMILES string of the molecule is C/C=C(\CCC)C(=O)OCN=C=O. The molecule has 0 spiro atoms. The topological polar surface area (TPSA) is 55.7 Å². The molecule has 0 amide bonds. The van der Waals surface area contributed by atoms with Gasteiger partial charge in [-0.2, -0.15) is 4.99 Å². The number of allylic oxidation sites excluding steroid dienone is 1. The van der Waals surface area contributed by atoms with Crippen LogP contribution in [-0.4, -0.2) is 18.8 Å². The standard InChI is InChI=1S/C9H13NO3/c1-3-5-8(4-2)9(12)13-7-10-6-11/h4H,3,5,7H2,1-2H3/b8-4+. The van der Waals surface area contributed by atoms with E-state index < -0.39 is 5.97 Å². The Morgan fingerprint density at radius 1 is 1.62 bits per heavy atom. The molecular formula is C9H13NO3. The number of nitrogens with zero attached hydrogens (tertiary/aromatic N) is 1. The van der Waals surface area contributed by atoms with Gasteiger partial charge in [-0.1, -0.05) is 19.4 Å². The van der Waals surface area contributed by atoms with Gasteiger partial charge in [0.05, 0.1) is 0 Å². The third kappa shape index (κ3) is 4.93. The Bertz CT molecular complexity index is 239. The van der Waals surface area contributed by atoms with Crippen LogP contribution in [0.4, 0.5) is 0 Å². The molecular weight excluding hydrogens is 170 g/mol. The first-order valence-electron chi connectivity index (χ1n) is 4.12. The number of rotatable bonds is 5. The van der Waals surface area contributed by atoms with E-state index in [2.05, 4.69) is 9.73 Å². The summed E-state index contributed by atoms with van der Waals surface area (Å²) in [5.74, 6) is -0.414. The van der Waals surface area contributed by atoms with Gasteiger partial charge in [-0.25, -0.2) is 9.59 Å². The molecule has 0 heterocycles. The maximum absolute atomic E-state index is 11.2. The first-order valence-corrected chi connectivity index (χ1v) is 4.12. The second kappa shape index (κ2) is 7.25. The molecule has 0 atom stereocenters. The van der Waals surface area contributed by atoms with Crippen molar-refractivity contribution < 1.29 is 14.3 Å². The molecule has 13 heavy (non-hydrogen) atoms.